The van der Waals surface area contributed by atoms with Crippen molar-refractivity contribution < 1.29 is 13.2 Å². The van der Waals surface area contributed by atoms with Gasteiger partial charge >= 0.3 is 0 Å². The van der Waals surface area contributed by atoms with Crippen molar-refractivity contribution in [2.45, 2.75) is 18.2 Å². The topological polar surface area (TPSA) is 92.5 Å². The summed E-state index contributed by atoms with van der Waals surface area (Å²) in [5, 5.41) is 0. The molecular weight excluding hydrogens is 326 g/mol. The van der Waals surface area contributed by atoms with Gasteiger partial charge in [-0.15, -0.1) is 0 Å². The predicted molar refractivity (Wildman–Crippen MR) is 92.4 cm³/mol. The van der Waals surface area contributed by atoms with E-state index in [1.165, 1.54) is 0 Å². The maximum Gasteiger partial charge on any atom is 0.249 e. The van der Waals surface area contributed by atoms with E-state index in [1.54, 1.807) is 24.3 Å². The number of nitrogens with zero attached hydrogens (tertiary/aromatic N) is 1. The summed E-state index contributed by atoms with van der Waals surface area (Å²) in [5.74, 6) is 4.55. The Bertz CT molecular complexity index is 774. The molecule has 0 aliphatic heterocycles. The maximum absolute atomic E-state index is 12.8. The first-order valence-electron chi connectivity index (χ1n) is 7.53. The molecule has 0 fully saturated rings. The van der Waals surface area contributed by atoms with Gasteiger partial charge in [-0.05, 0) is 31.0 Å². The molecular formula is C17H21N3O3S. The van der Waals surface area contributed by atoms with Crippen LogP contribution in [0.5, 0.6) is 0 Å². The van der Waals surface area contributed by atoms with Crippen LogP contribution in [0.25, 0.3) is 0 Å². The number of nitrogens with two attached hydrogens (primary N) is 1. The summed E-state index contributed by atoms with van der Waals surface area (Å²) in [4.78, 5) is 11.8. The number of aryl methyl sites for hydroxylation is 1. The summed E-state index contributed by atoms with van der Waals surface area (Å²) < 4.78 is 26.8. The Kier molecular flexibility index (Phi) is 6.08. The van der Waals surface area contributed by atoms with Crippen molar-refractivity contribution in [1.82, 2.24) is 9.73 Å². The van der Waals surface area contributed by atoms with Gasteiger partial charge in [-0.3, -0.25) is 10.2 Å². The van der Waals surface area contributed by atoms with Gasteiger partial charge in [0.25, 0.3) is 0 Å². The molecule has 3 N–H and O–H groups in total. The molecule has 0 aliphatic carbocycles. The largest absolute Gasteiger partial charge is 0.293 e. The number of rotatable bonds is 7. The summed E-state index contributed by atoms with van der Waals surface area (Å²) in [6, 6.07) is 16.0. The van der Waals surface area contributed by atoms with E-state index in [0.29, 0.717) is 6.42 Å². The van der Waals surface area contributed by atoms with Gasteiger partial charge in [0.15, 0.2) is 0 Å². The number of carbonyl (C=O) groups is 1. The number of amides is 1. The Morgan fingerprint density at radius 2 is 1.71 bits per heavy atom. The van der Waals surface area contributed by atoms with E-state index in [2.05, 4.69) is 0 Å². The molecule has 0 radical (unpaired) electrons. The minimum atomic E-state index is -3.78. The zero-order valence-corrected chi connectivity index (χ0v) is 14.3. The standard InChI is InChI=1S/C17H21N3O3S/c1-14-7-9-16(10-8-14)24(22,23)20(13-17(21)19-18)12-11-15-5-3-2-4-6-15/h2-10H,11-13,18H2,1H3,(H,19,21). The summed E-state index contributed by atoms with van der Waals surface area (Å²) in [6.07, 6.45) is 0.504. The highest BCUT2D eigenvalue weighted by Gasteiger charge is 2.26. The Balaban J connectivity index is 2.23. The van der Waals surface area contributed by atoms with Crippen molar-refractivity contribution in [3.05, 3.63) is 65.7 Å². The van der Waals surface area contributed by atoms with Crippen LogP contribution in [0, 0.1) is 6.92 Å². The normalized spacial score (nSPS) is 11.5. The smallest absolute Gasteiger partial charge is 0.249 e. The summed E-state index contributed by atoms with van der Waals surface area (Å²) in [6.45, 7) is 1.75. The first-order chi connectivity index (χ1) is 11.4. The van der Waals surface area contributed by atoms with Crippen LogP contribution in [0.2, 0.25) is 0 Å². The molecule has 128 valence electrons. The van der Waals surface area contributed by atoms with E-state index in [0.717, 1.165) is 15.4 Å². The Hall–Kier alpha value is -2.22. The van der Waals surface area contributed by atoms with Gasteiger partial charge in [-0.25, -0.2) is 14.3 Å². The lowest BCUT2D eigenvalue weighted by atomic mass is 10.1. The monoisotopic (exact) mass is 347 g/mol. The molecule has 0 saturated carbocycles. The third-order valence-corrected chi connectivity index (χ3v) is 5.49. The third-order valence-electron chi connectivity index (χ3n) is 3.63. The summed E-state index contributed by atoms with van der Waals surface area (Å²) >= 11 is 0. The van der Waals surface area contributed by atoms with E-state index in [1.807, 2.05) is 42.7 Å². The maximum atomic E-state index is 12.8. The Morgan fingerprint density at radius 1 is 1.08 bits per heavy atom. The minimum absolute atomic E-state index is 0.158. The number of hydrogen-bond acceptors (Lipinski definition) is 4. The highest BCUT2D eigenvalue weighted by atomic mass is 32.2. The van der Waals surface area contributed by atoms with Crippen LogP contribution in [0.4, 0.5) is 0 Å². The molecule has 0 atom stereocenters. The van der Waals surface area contributed by atoms with Crippen LogP contribution in [-0.2, 0) is 21.2 Å². The SMILES string of the molecule is Cc1ccc(S(=O)(=O)N(CCc2ccccc2)CC(=O)NN)cc1. The van der Waals surface area contributed by atoms with E-state index in [9.17, 15) is 13.2 Å². The van der Waals surface area contributed by atoms with Crippen molar-refractivity contribution in [3.63, 3.8) is 0 Å². The van der Waals surface area contributed by atoms with E-state index >= 15 is 0 Å². The number of hydrogen-bond donors (Lipinski definition) is 2. The van der Waals surface area contributed by atoms with Gasteiger partial charge in [0, 0.05) is 6.54 Å². The summed E-state index contributed by atoms with van der Waals surface area (Å²) in [7, 11) is -3.78. The molecule has 0 aromatic heterocycles. The van der Waals surface area contributed by atoms with Gasteiger partial charge in [-0.2, -0.15) is 4.31 Å². The van der Waals surface area contributed by atoms with Crippen LogP contribution < -0.4 is 11.3 Å². The number of sulfonamides is 1. The molecule has 2 rings (SSSR count). The van der Waals surface area contributed by atoms with Crippen molar-refractivity contribution in [2.75, 3.05) is 13.1 Å². The van der Waals surface area contributed by atoms with Crippen molar-refractivity contribution in [1.29, 1.82) is 0 Å². The molecule has 0 bridgehead atoms. The van der Waals surface area contributed by atoms with Crippen molar-refractivity contribution in [2.24, 2.45) is 5.84 Å². The van der Waals surface area contributed by atoms with E-state index in [-0.39, 0.29) is 18.0 Å². The van der Waals surface area contributed by atoms with Crippen LogP contribution in [0.3, 0.4) is 0 Å². The average Bonchev–Trinajstić information content (AvgIpc) is 2.59. The van der Waals surface area contributed by atoms with Crippen LogP contribution in [0.15, 0.2) is 59.5 Å². The number of hydrazine groups is 1. The molecule has 1 amide bonds. The van der Waals surface area contributed by atoms with Gasteiger partial charge in [0.1, 0.15) is 0 Å². The van der Waals surface area contributed by atoms with Crippen molar-refractivity contribution in [3.8, 4) is 0 Å². The Labute approximate surface area is 142 Å². The molecule has 2 aromatic carbocycles. The second kappa shape index (κ2) is 8.05. The lowest BCUT2D eigenvalue weighted by Gasteiger charge is -2.21. The van der Waals surface area contributed by atoms with E-state index in [4.69, 9.17) is 5.84 Å². The fourth-order valence-corrected chi connectivity index (χ4v) is 3.64. The minimum Gasteiger partial charge on any atom is -0.293 e. The molecule has 7 heteroatoms. The fraction of sp³-hybridized carbons (Fsp3) is 0.235. The summed E-state index contributed by atoms with van der Waals surface area (Å²) in [5.41, 5.74) is 3.94. The molecule has 0 spiro atoms. The number of benzene rings is 2. The zero-order valence-electron chi connectivity index (χ0n) is 13.5. The van der Waals surface area contributed by atoms with Crippen molar-refractivity contribution >= 4 is 15.9 Å². The molecule has 0 unspecified atom stereocenters. The number of nitrogens with one attached hydrogen (secondary N) is 1. The second-order valence-electron chi connectivity index (χ2n) is 5.45. The lowest BCUT2D eigenvalue weighted by molar-refractivity contribution is -0.121. The highest BCUT2D eigenvalue weighted by Crippen LogP contribution is 2.17. The fourth-order valence-electron chi connectivity index (χ4n) is 2.25. The third kappa shape index (κ3) is 4.64. The molecule has 2 aromatic rings. The molecule has 24 heavy (non-hydrogen) atoms. The molecule has 0 saturated heterocycles. The molecule has 6 nitrogen and oxygen atoms in total. The average molecular weight is 347 g/mol. The predicted octanol–water partition coefficient (Wildman–Crippen LogP) is 1.22. The lowest BCUT2D eigenvalue weighted by Crippen LogP contribution is -2.43. The van der Waals surface area contributed by atoms with Crippen LogP contribution in [-0.4, -0.2) is 31.7 Å². The quantitative estimate of drug-likeness (QED) is 0.447. The zero-order chi connectivity index (χ0) is 17.6. The highest BCUT2D eigenvalue weighted by molar-refractivity contribution is 7.89. The van der Waals surface area contributed by atoms with Gasteiger partial charge < -0.3 is 0 Å². The molecule has 0 heterocycles. The number of carbonyl (C=O) groups excluding carboxylic acids is 1. The first-order valence-corrected chi connectivity index (χ1v) is 8.97. The van der Waals surface area contributed by atoms with Crippen LogP contribution >= 0.6 is 0 Å². The first kappa shape index (κ1) is 18.1. The molecule has 0 aliphatic rings. The van der Waals surface area contributed by atoms with Gasteiger partial charge in [0.05, 0.1) is 11.4 Å². The van der Waals surface area contributed by atoms with Gasteiger partial charge in [0.2, 0.25) is 15.9 Å². The van der Waals surface area contributed by atoms with E-state index < -0.39 is 15.9 Å². The van der Waals surface area contributed by atoms with Crippen LogP contribution in [0.1, 0.15) is 11.1 Å². The second-order valence-corrected chi connectivity index (χ2v) is 7.39. The van der Waals surface area contributed by atoms with Gasteiger partial charge in [-0.1, -0.05) is 48.0 Å². The Morgan fingerprint density at radius 3 is 2.29 bits per heavy atom.